The molecule has 0 spiro atoms. The van der Waals surface area contributed by atoms with E-state index in [1.807, 2.05) is 82.3 Å². The second-order valence-corrected chi connectivity index (χ2v) is 28.4. The fraction of sp³-hybridized carbons (Fsp3) is 0.586. The Kier molecular flexibility index (Phi) is 27.7. The first kappa shape index (κ1) is 73.5. The zero-order valence-corrected chi connectivity index (χ0v) is 55.9. The van der Waals surface area contributed by atoms with Crippen LogP contribution < -0.4 is 0 Å². The monoisotopic (exact) mass is 1270 g/mol. The number of ether oxygens (including phenoxy) is 5. The quantitative estimate of drug-likeness (QED) is 0.0781. The van der Waals surface area contributed by atoms with Crippen molar-refractivity contribution in [3.63, 3.8) is 0 Å². The molecular formula is C70H95N6O14P. The molecule has 0 radical (unpaired) electrons. The average Bonchev–Trinajstić information content (AvgIpc) is 0.951. The lowest BCUT2D eigenvalue weighted by atomic mass is 9.78. The van der Waals surface area contributed by atoms with E-state index in [0.717, 1.165) is 23.1 Å². The SMILES string of the molecule is CO[C@H]1C[C@@H]2CC[C@@H](C)[C@@](O)(O2)C(=O)C(=O)N2CCCC[C@H]2C(=O)O[C@H]([C@H](C)C[C@@H]2CC[C@@H](OP(C)(C)=O)[C@H](OC)C2)CC(=O)[C@H](C)/C=C(\C)[C@@H](O)[C@@H](OC)C(=O)[C@H](C)C[C@H](C)/C=C/C=C/C=C/1C.N#Cc1ccc(C(c2ccc(C#N)cc2)n2cncn2)cc1. The summed E-state index contributed by atoms with van der Waals surface area (Å²) in [6.07, 6.45) is 14.5. The number of aliphatic hydroxyl groups excluding tert-OH is 1. The number of carbonyl (C=O) groups is 5. The number of Topliss-reactive ketones (excluding diaryl/α,β-unsaturated/α-hetero) is 3. The number of allylic oxidation sites excluding steroid dienone is 6. The number of amides is 1. The molecule has 7 rings (SSSR count). The van der Waals surface area contributed by atoms with Crippen LogP contribution in [0.4, 0.5) is 0 Å². The lowest BCUT2D eigenvalue weighted by Gasteiger charge is -2.42. The van der Waals surface area contributed by atoms with Gasteiger partial charge in [0.15, 0.2) is 13.2 Å². The summed E-state index contributed by atoms with van der Waals surface area (Å²) in [5, 5.41) is 45.5. The third-order valence-corrected chi connectivity index (χ3v) is 19.0. The maximum atomic E-state index is 14.5. The Hall–Kier alpha value is -6.58. The number of aromatic nitrogens is 3. The number of esters is 1. The fourth-order valence-corrected chi connectivity index (χ4v) is 13.8. The van der Waals surface area contributed by atoms with Gasteiger partial charge in [-0.2, -0.15) is 15.6 Å². The molecule has 1 amide bonds. The van der Waals surface area contributed by atoms with E-state index in [0.29, 0.717) is 74.5 Å². The van der Waals surface area contributed by atoms with Crippen molar-refractivity contribution >= 4 is 36.6 Å². The number of benzene rings is 2. The van der Waals surface area contributed by atoms with Crippen molar-refractivity contribution < 1.29 is 67.0 Å². The topological polar surface area (TPSA) is 280 Å². The largest absolute Gasteiger partial charge is 0.460 e. The van der Waals surface area contributed by atoms with Gasteiger partial charge in [-0.05, 0) is 142 Å². The van der Waals surface area contributed by atoms with Crippen molar-refractivity contribution in [2.75, 3.05) is 41.2 Å². The zero-order valence-electron chi connectivity index (χ0n) is 55.0. The van der Waals surface area contributed by atoms with E-state index < -0.39 is 85.1 Å². The van der Waals surface area contributed by atoms with E-state index in [1.54, 1.807) is 89.7 Å². The first-order valence-electron chi connectivity index (χ1n) is 31.8. The van der Waals surface area contributed by atoms with Crippen molar-refractivity contribution in [2.45, 2.75) is 186 Å². The summed E-state index contributed by atoms with van der Waals surface area (Å²) in [7, 11) is 1.76. The second-order valence-electron chi connectivity index (χ2n) is 25.7. The molecule has 3 fully saturated rings. The van der Waals surface area contributed by atoms with Gasteiger partial charge in [-0.25, -0.2) is 14.5 Å². The molecule has 1 saturated carbocycles. The van der Waals surface area contributed by atoms with Crippen LogP contribution in [-0.4, -0.2) is 155 Å². The van der Waals surface area contributed by atoms with Crippen LogP contribution in [0.3, 0.4) is 0 Å². The Bertz CT molecular complexity index is 3120. The van der Waals surface area contributed by atoms with Crippen LogP contribution in [0.5, 0.6) is 0 Å². The fourth-order valence-electron chi connectivity index (χ4n) is 12.9. The van der Waals surface area contributed by atoms with Crippen LogP contribution in [0.25, 0.3) is 0 Å². The van der Waals surface area contributed by atoms with Crippen LogP contribution >= 0.6 is 7.37 Å². The number of fused-ring (bicyclic) bond motifs is 3. The molecular weight excluding hydrogens is 1180 g/mol. The maximum Gasteiger partial charge on any atom is 0.329 e. The standard InChI is InChI=1S/C53H84NO14P.C17H11N5/c1-32-18-14-13-15-19-33(2)44(63-8)30-40-23-21-38(7)53(61,67-40)50(58)51(59)54-25-17-16-20-41(54)52(60)66-45(35(4)28-39-22-24-43(46(29-39)64-9)68-69(11,12)62)31-42(55)34(3)27-37(6)48(57)49(65-10)47(56)36(5)26-32;18-9-13-1-5-15(6-2-13)17(22-12-20-11-21-22)16-7-3-14(10-19)4-8-16/h13-15,18-19,27,32,34-36,38-41,43-46,48-49,57,61H,16-17,20-26,28-31H2,1-12H3;1-8,11-12,17H/b15-13+,18-14+,33-19+,37-27+;/t32-,34-,35-,36-,38-,39+,40+,41+,43-,44+,45+,46-,48-,49+,53-;/m1./s1. The number of nitrogens with zero attached hydrogens (tertiary/aromatic N) is 6. The molecule has 20 nitrogen and oxygen atoms in total. The Morgan fingerprint density at radius 1 is 0.802 bits per heavy atom. The van der Waals surface area contributed by atoms with Crippen molar-refractivity contribution in [1.29, 1.82) is 10.5 Å². The number of carbonyl (C=O) groups excluding carboxylic acids is 5. The molecule has 2 saturated heterocycles. The molecule has 1 aliphatic carbocycles. The molecule has 4 heterocycles. The van der Waals surface area contributed by atoms with Crippen LogP contribution in [-0.2, 0) is 56.7 Å². The van der Waals surface area contributed by atoms with E-state index in [4.69, 9.17) is 38.7 Å². The van der Waals surface area contributed by atoms with Gasteiger partial charge in [-0.15, -0.1) is 0 Å². The predicted molar refractivity (Wildman–Crippen MR) is 343 cm³/mol. The number of ketones is 3. The van der Waals surface area contributed by atoms with Crippen LogP contribution in [0, 0.1) is 58.2 Å². The van der Waals surface area contributed by atoms with Crippen LogP contribution in [0.15, 0.2) is 109 Å². The van der Waals surface area contributed by atoms with Gasteiger partial charge in [-0.3, -0.25) is 23.7 Å². The van der Waals surface area contributed by atoms with E-state index in [-0.39, 0.29) is 67.0 Å². The number of piperidine rings is 1. The normalized spacial score (nSPS) is 32.0. The summed E-state index contributed by atoms with van der Waals surface area (Å²) in [5.41, 5.74) is 4.47. The number of rotatable bonds is 11. The number of methoxy groups -OCH3 is 3. The van der Waals surface area contributed by atoms with Crippen LogP contribution in [0.2, 0.25) is 0 Å². The summed E-state index contributed by atoms with van der Waals surface area (Å²) in [5.74, 6) is -8.11. The Balaban J connectivity index is 0.000000497. The van der Waals surface area contributed by atoms with Crippen molar-refractivity contribution in [1.82, 2.24) is 19.7 Å². The molecule has 0 unspecified atom stereocenters. The van der Waals surface area contributed by atoms with Gasteiger partial charge in [0.25, 0.3) is 11.7 Å². The number of hydrogen-bond acceptors (Lipinski definition) is 18. The molecule has 4 aliphatic rings. The van der Waals surface area contributed by atoms with E-state index in [2.05, 4.69) is 22.2 Å². The Labute approximate surface area is 537 Å². The number of nitriles is 2. The number of hydrogen-bond donors (Lipinski definition) is 2. The van der Waals surface area contributed by atoms with Crippen molar-refractivity contribution in [3.8, 4) is 12.1 Å². The summed E-state index contributed by atoms with van der Waals surface area (Å²) in [6.45, 7) is 15.9. The molecule has 2 bridgehead atoms. The van der Waals surface area contributed by atoms with E-state index in [1.165, 1.54) is 18.3 Å². The lowest BCUT2D eigenvalue weighted by molar-refractivity contribution is -0.265. The van der Waals surface area contributed by atoms with Gasteiger partial charge in [0.05, 0.1) is 47.7 Å². The number of cyclic esters (lactones) is 1. The Morgan fingerprint density at radius 3 is 2.04 bits per heavy atom. The first-order chi connectivity index (χ1) is 43.2. The minimum Gasteiger partial charge on any atom is -0.460 e. The zero-order chi connectivity index (χ0) is 66.7. The highest BCUT2D eigenvalue weighted by atomic mass is 31.2. The van der Waals surface area contributed by atoms with E-state index >= 15 is 0 Å². The van der Waals surface area contributed by atoms with Gasteiger partial charge >= 0.3 is 5.97 Å². The smallest absolute Gasteiger partial charge is 0.329 e. The van der Waals surface area contributed by atoms with Gasteiger partial charge in [-0.1, -0.05) is 95.3 Å². The summed E-state index contributed by atoms with van der Waals surface area (Å²) in [4.78, 5) is 76.2. The predicted octanol–water partition coefficient (Wildman–Crippen LogP) is 10.4. The highest BCUT2D eigenvalue weighted by Gasteiger charge is 2.53. The van der Waals surface area contributed by atoms with Crippen molar-refractivity contribution in [2.24, 2.45) is 35.5 Å². The van der Waals surface area contributed by atoms with Gasteiger partial charge in [0, 0.05) is 71.8 Å². The molecule has 2 aromatic carbocycles. The minimum atomic E-state index is -2.79. The molecule has 1 aromatic heterocycles. The highest BCUT2D eigenvalue weighted by Crippen LogP contribution is 2.45. The highest BCUT2D eigenvalue weighted by molar-refractivity contribution is 7.57. The van der Waals surface area contributed by atoms with E-state index in [9.17, 15) is 38.8 Å². The summed E-state index contributed by atoms with van der Waals surface area (Å²) in [6, 6.07) is 17.7. The van der Waals surface area contributed by atoms with Gasteiger partial charge in [0.1, 0.15) is 48.8 Å². The molecule has 3 aliphatic heterocycles. The summed E-state index contributed by atoms with van der Waals surface area (Å²) >= 11 is 0. The molecule has 2 N–H and O–H groups in total. The van der Waals surface area contributed by atoms with Gasteiger partial charge in [0.2, 0.25) is 5.79 Å². The average molecular weight is 1280 g/mol. The second kappa shape index (κ2) is 34.4. The Morgan fingerprint density at radius 2 is 1.46 bits per heavy atom. The third-order valence-electron chi connectivity index (χ3n) is 18.3. The van der Waals surface area contributed by atoms with Gasteiger partial charge < -0.3 is 43.3 Å². The first-order valence-corrected chi connectivity index (χ1v) is 34.3. The molecule has 21 heteroatoms. The molecule has 494 valence electrons. The lowest BCUT2D eigenvalue weighted by Crippen LogP contribution is -2.61. The molecule has 3 aromatic rings. The minimum absolute atomic E-state index is 0.0117. The van der Waals surface area contributed by atoms with Crippen LogP contribution in [0.1, 0.15) is 154 Å². The number of aliphatic hydroxyl groups is 2. The maximum absolute atomic E-state index is 14.5. The van der Waals surface area contributed by atoms with Crippen molar-refractivity contribution in [3.05, 3.63) is 131 Å². The third kappa shape index (κ3) is 20.2. The summed E-state index contributed by atoms with van der Waals surface area (Å²) < 4.78 is 50.0. The molecule has 91 heavy (non-hydrogen) atoms. The molecule has 15 atom stereocenters.